The van der Waals surface area contributed by atoms with Gasteiger partial charge in [0.1, 0.15) is 5.65 Å². The zero-order valence-corrected chi connectivity index (χ0v) is 18.1. The molecular formula is C26H24N4O2. The van der Waals surface area contributed by atoms with E-state index < -0.39 is 5.92 Å². The van der Waals surface area contributed by atoms with Gasteiger partial charge in [-0.2, -0.15) is 0 Å². The first-order valence-electron chi connectivity index (χ1n) is 10.7. The lowest BCUT2D eigenvalue weighted by Gasteiger charge is -2.18. The van der Waals surface area contributed by atoms with E-state index in [-0.39, 0.29) is 18.2 Å². The molecule has 0 spiro atoms. The Kier molecular flexibility index (Phi) is 4.98. The molecule has 1 aliphatic heterocycles. The van der Waals surface area contributed by atoms with Gasteiger partial charge in [0.15, 0.2) is 0 Å². The van der Waals surface area contributed by atoms with E-state index in [9.17, 15) is 9.59 Å². The quantitative estimate of drug-likeness (QED) is 0.520. The normalized spacial score (nSPS) is 16.0. The summed E-state index contributed by atoms with van der Waals surface area (Å²) < 4.78 is 1.95. The number of benzene rings is 2. The van der Waals surface area contributed by atoms with Gasteiger partial charge < -0.3 is 14.6 Å². The number of hydrogen-bond donors (Lipinski definition) is 1. The van der Waals surface area contributed by atoms with E-state index in [1.54, 1.807) is 4.90 Å². The van der Waals surface area contributed by atoms with Crippen molar-refractivity contribution in [2.24, 2.45) is 5.92 Å². The number of amides is 2. The molecule has 0 aliphatic carbocycles. The average molecular weight is 425 g/mol. The smallest absolute Gasteiger partial charge is 0.229 e. The fourth-order valence-electron chi connectivity index (χ4n) is 4.14. The highest BCUT2D eigenvalue weighted by atomic mass is 16.2. The summed E-state index contributed by atoms with van der Waals surface area (Å²) in [4.78, 5) is 32.1. The number of anilines is 2. The number of para-hydroxylation sites is 1. The Morgan fingerprint density at radius 2 is 1.84 bits per heavy atom. The summed E-state index contributed by atoms with van der Waals surface area (Å²) in [6.45, 7) is 4.45. The van der Waals surface area contributed by atoms with Crippen LogP contribution in [0.25, 0.3) is 16.9 Å². The number of fused-ring (bicyclic) bond motifs is 1. The summed E-state index contributed by atoms with van der Waals surface area (Å²) in [5.74, 6) is -0.582. The van der Waals surface area contributed by atoms with Crippen LogP contribution in [0.4, 0.5) is 11.4 Å². The third-order valence-electron chi connectivity index (χ3n) is 6.12. The van der Waals surface area contributed by atoms with Crippen molar-refractivity contribution in [2.75, 3.05) is 16.8 Å². The van der Waals surface area contributed by atoms with Crippen LogP contribution in [0.3, 0.4) is 0 Å². The number of nitrogens with one attached hydrogen (secondary N) is 1. The largest absolute Gasteiger partial charge is 0.325 e. The van der Waals surface area contributed by atoms with Crippen LogP contribution in [0.2, 0.25) is 0 Å². The Morgan fingerprint density at radius 1 is 1.03 bits per heavy atom. The highest BCUT2D eigenvalue weighted by molar-refractivity contribution is 6.04. The Labute approximate surface area is 186 Å². The molecule has 1 fully saturated rings. The number of aryl methyl sites for hydroxylation is 2. The SMILES string of the molecule is Cc1ccc(N2CC(C(=O)Nc3ccccc3-c3cn4ccccc4n3)CC2=O)cc1C. The molecule has 6 nitrogen and oxygen atoms in total. The molecule has 2 aromatic carbocycles. The zero-order valence-electron chi connectivity index (χ0n) is 18.1. The van der Waals surface area contributed by atoms with E-state index in [1.165, 1.54) is 5.56 Å². The van der Waals surface area contributed by atoms with Crippen molar-refractivity contribution in [2.45, 2.75) is 20.3 Å². The maximum Gasteiger partial charge on any atom is 0.229 e. The number of rotatable bonds is 4. The monoisotopic (exact) mass is 424 g/mol. The van der Waals surface area contributed by atoms with Crippen LogP contribution in [0.15, 0.2) is 73.1 Å². The van der Waals surface area contributed by atoms with Crippen LogP contribution in [0, 0.1) is 19.8 Å². The van der Waals surface area contributed by atoms with E-state index in [4.69, 9.17) is 0 Å². The molecule has 5 rings (SSSR count). The molecular weight excluding hydrogens is 400 g/mol. The van der Waals surface area contributed by atoms with Gasteiger partial charge in [0.25, 0.3) is 0 Å². The molecule has 2 amide bonds. The Hall–Kier alpha value is -3.93. The molecule has 3 heterocycles. The second-order valence-electron chi connectivity index (χ2n) is 8.30. The first-order valence-corrected chi connectivity index (χ1v) is 10.7. The summed E-state index contributed by atoms with van der Waals surface area (Å²) in [7, 11) is 0. The van der Waals surface area contributed by atoms with E-state index in [1.807, 2.05) is 91.3 Å². The molecule has 2 aromatic heterocycles. The van der Waals surface area contributed by atoms with Crippen molar-refractivity contribution in [3.05, 3.63) is 84.2 Å². The summed E-state index contributed by atoms with van der Waals surface area (Å²) in [6.07, 6.45) is 4.09. The summed E-state index contributed by atoms with van der Waals surface area (Å²) in [5.41, 5.74) is 6.32. The molecule has 0 bridgehead atoms. The molecule has 4 aromatic rings. The lowest BCUT2D eigenvalue weighted by Crippen LogP contribution is -2.28. The van der Waals surface area contributed by atoms with Gasteiger partial charge in [-0.3, -0.25) is 9.59 Å². The van der Waals surface area contributed by atoms with E-state index in [0.717, 1.165) is 28.2 Å². The minimum Gasteiger partial charge on any atom is -0.325 e. The van der Waals surface area contributed by atoms with E-state index in [0.29, 0.717) is 12.2 Å². The molecule has 32 heavy (non-hydrogen) atoms. The number of carbonyl (C=O) groups excluding carboxylic acids is 2. The van der Waals surface area contributed by atoms with Crippen LogP contribution >= 0.6 is 0 Å². The van der Waals surface area contributed by atoms with Gasteiger partial charge in [-0.25, -0.2) is 4.98 Å². The molecule has 1 atom stereocenters. The molecule has 1 saturated heterocycles. The molecule has 1 unspecified atom stereocenters. The third-order valence-corrected chi connectivity index (χ3v) is 6.12. The molecule has 1 N–H and O–H groups in total. The standard InChI is InChI=1S/C26H24N4O2/c1-17-10-11-20(13-18(17)2)30-15-19(14-25(30)31)26(32)28-22-8-4-3-7-21(22)23-16-29-12-6-5-9-24(29)27-23/h3-13,16,19H,14-15H2,1-2H3,(H,28,32). The van der Waals surface area contributed by atoms with Crippen molar-refractivity contribution >= 4 is 28.8 Å². The summed E-state index contributed by atoms with van der Waals surface area (Å²) in [6, 6.07) is 19.4. The van der Waals surface area contributed by atoms with Gasteiger partial charge >= 0.3 is 0 Å². The van der Waals surface area contributed by atoms with Crippen molar-refractivity contribution < 1.29 is 9.59 Å². The third kappa shape index (κ3) is 3.64. The first-order chi connectivity index (χ1) is 15.5. The van der Waals surface area contributed by atoms with Gasteiger partial charge in [0, 0.05) is 36.6 Å². The summed E-state index contributed by atoms with van der Waals surface area (Å²) >= 11 is 0. The first kappa shape index (κ1) is 20.0. The molecule has 1 aliphatic rings. The maximum atomic E-state index is 13.1. The Balaban J connectivity index is 1.37. The lowest BCUT2D eigenvalue weighted by molar-refractivity contribution is -0.122. The van der Waals surface area contributed by atoms with Gasteiger partial charge in [0.05, 0.1) is 17.3 Å². The minimum atomic E-state index is -0.404. The minimum absolute atomic E-state index is 0.0259. The highest BCUT2D eigenvalue weighted by Crippen LogP contribution is 2.30. The second-order valence-corrected chi connectivity index (χ2v) is 8.30. The van der Waals surface area contributed by atoms with Gasteiger partial charge in [-0.15, -0.1) is 0 Å². The van der Waals surface area contributed by atoms with Crippen molar-refractivity contribution in [1.29, 1.82) is 0 Å². The topological polar surface area (TPSA) is 66.7 Å². The molecule has 0 saturated carbocycles. The zero-order chi connectivity index (χ0) is 22.2. The van der Waals surface area contributed by atoms with Gasteiger partial charge in [-0.1, -0.05) is 30.3 Å². The van der Waals surface area contributed by atoms with Crippen molar-refractivity contribution in [1.82, 2.24) is 9.38 Å². The fourth-order valence-corrected chi connectivity index (χ4v) is 4.14. The van der Waals surface area contributed by atoms with E-state index in [2.05, 4.69) is 10.3 Å². The predicted octanol–water partition coefficient (Wildman–Crippen LogP) is 4.61. The number of aromatic nitrogens is 2. The van der Waals surface area contributed by atoms with Crippen LogP contribution < -0.4 is 10.2 Å². The fraction of sp³-hybridized carbons (Fsp3) is 0.192. The molecule has 160 valence electrons. The lowest BCUT2D eigenvalue weighted by atomic mass is 10.1. The van der Waals surface area contributed by atoms with Crippen molar-refractivity contribution in [3.8, 4) is 11.3 Å². The van der Waals surface area contributed by atoms with Crippen LogP contribution in [-0.2, 0) is 9.59 Å². The maximum absolute atomic E-state index is 13.1. The van der Waals surface area contributed by atoms with Crippen molar-refractivity contribution in [3.63, 3.8) is 0 Å². The summed E-state index contributed by atoms with van der Waals surface area (Å²) in [5, 5.41) is 3.04. The highest BCUT2D eigenvalue weighted by Gasteiger charge is 2.35. The second kappa shape index (κ2) is 7.96. The van der Waals surface area contributed by atoms with Gasteiger partial charge in [0.2, 0.25) is 11.8 Å². The van der Waals surface area contributed by atoms with Crippen LogP contribution in [-0.4, -0.2) is 27.7 Å². The molecule has 6 heteroatoms. The van der Waals surface area contributed by atoms with Gasteiger partial charge in [-0.05, 0) is 55.3 Å². The molecule has 0 radical (unpaired) electrons. The Bertz CT molecular complexity index is 1310. The number of nitrogens with zero attached hydrogens (tertiary/aromatic N) is 3. The van der Waals surface area contributed by atoms with E-state index >= 15 is 0 Å². The number of hydrogen-bond acceptors (Lipinski definition) is 3. The Morgan fingerprint density at radius 3 is 2.66 bits per heavy atom. The predicted molar refractivity (Wildman–Crippen MR) is 126 cm³/mol. The number of carbonyl (C=O) groups is 2. The van der Waals surface area contributed by atoms with Crippen LogP contribution in [0.1, 0.15) is 17.5 Å². The average Bonchev–Trinajstić information content (AvgIpc) is 3.40. The van der Waals surface area contributed by atoms with Crippen LogP contribution in [0.5, 0.6) is 0 Å². The number of imidazole rings is 1. The number of pyridine rings is 1.